The van der Waals surface area contributed by atoms with E-state index in [0.29, 0.717) is 21.2 Å². The van der Waals surface area contributed by atoms with Gasteiger partial charge in [0.1, 0.15) is 10.1 Å². The van der Waals surface area contributed by atoms with Crippen LogP contribution in [0, 0.1) is 22.7 Å². The lowest BCUT2D eigenvalue weighted by molar-refractivity contribution is 1.08. The number of aromatic nitrogens is 2. The summed E-state index contributed by atoms with van der Waals surface area (Å²) in [4.78, 5) is 8.25. The Kier molecular flexibility index (Phi) is 3.34. The molecule has 0 fully saturated rings. The van der Waals surface area contributed by atoms with Crippen LogP contribution in [-0.2, 0) is 0 Å². The molecule has 0 bridgehead atoms. The molecule has 0 aliphatic rings. The summed E-state index contributed by atoms with van der Waals surface area (Å²) < 4.78 is 0. The second-order valence-corrected chi connectivity index (χ2v) is 4.13. The third-order valence-electron chi connectivity index (χ3n) is 1.94. The molecule has 2 aromatic heterocycles. The highest BCUT2D eigenvalue weighted by atomic mass is 32.2. The van der Waals surface area contributed by atoms with E-state index in [4.69, 9.17) is 10.5 Å². The lowest BCUT2D eigenvalue weighted by Crippen LogP contribution is -1.85. The van der Waals surface area contributed by atoms with E-state index in [9.17, 15) is 0 Å². The van der Waals surface area contributed by atoms with Gasteiger partial charge in [-0.3, -0.25) is 0 Å². The van der Waals surface area contributed by atoms with Gasteiger partial charge in [0.05, 0.1) is 23.3 Å². The van der Waals surface area contributed by atoms with Crippen LogP contribution in [0.15, 0.2) is 46.7 Å². The fraction of sp³-hybridized carbons (Fsp3) is 0. The third kappa shape index (κ3) is 2.81. The van der Waals surface area contributed by atoms with Crippen molar-refractivity contribution in [3.05, 3.63) is 47.8 Å². The van der Waals surface area contributed by atoms with Crippen LogP contribution < -0.4 is 0 Å². The molecule has 0 aromatic carbocycles. The van der Waals surface area contributed by atoms with Crippen LogP contribution in [0.1, 0.15) is 11.1 Å². The van der Waals surface area contributed by atoms with Gasteiger partial charge in [-0.1, -0.05) is 11.8 Å². The van der Waals surface area contributed by atoms with Gasteiger partial charge in [0.25, 0.3) is 0 Å². The zero-order valence-corrected chi connectivity index (χ0v) is 9.48. The van der Waals surface area contributed by atoms with E-state index in [2.05, 4.69) is 9.97 Å². The first-order chi connectivity index (χ1) is 8.31. The van der Waals surface area contributed by atoms with E-state index >= 15 is 0 Å². The summed E-state index contributed by atoms with van der Waals surface area (Å²) in [7, 11) is 0. The Bertz CT molecular complexity index is 569. The minimum atomic E-state index is 0.555. The Labute approximate surface area is 103 Å². The predicted molar refractivity (Wildman–Crippen MR) is 62.0 cm³/mol. The molecule has 0 aliphatic carbocycles. The number of nitrogens with zero attached hydrogens (tertiary/aromatic N) is 4. The normalized spacial score (nSPS) is 9.29. The van der Waals surface area contributed by atoms with Crippen molar-refractivity contribution >= 4 is 11.8 Å². The average Bonchev–Trinajstić information content (AvgIpc) is 2.39. The van der Waals surface area contributed by atoms with Gasteiger partial charge < -0.3 is 0 Å². The number of nitriles is 2. The molecule has 0 aliphatic heterocycles. The molecule has 0 amide bonds. The Morgan fingerprint density at radius 1 is 0.882 bits per heavy atom. The lowest BCUT2D eigenvalue weighted by atomic mass is 10.3. The zero-order chi connectivity index (χ0) is 12.1. The summed E-state index contributed by atoms with van der Waals surface area (Å²) in [6, 6.07) is 10.8. The maximum Gasteiger partial charge on any atom is 0.103 e. The Balaban J connectivity index is 2.26. The van der Waals surface area contributed by atoms with Crippen molar-refractivity contribution in [1.29, 1.82) is 10.5 Å². The third-order valence-corrected chi connectivity index (χ3v) is 2.80. The molecule has 2 heterocycles. The molecular formula is C12H6N4S. The molecule has 4 nitrogen and oxygen atoms in total. The molecule has 0 radical (unpaired) electrons. The highest BCUT2D eigenvalue weighted by Gasteiger charge is 2.02. The summed E-state index contributed by atoms with van der Waals surface area (Å²) in [5.74, 6) is 0. The smallest absolute Gasteiger partial charge is 0.103 e. The molecule has 5 heteroatoms. The van der Waals surface area contributed by atoms with Gasteiger partial charge in [-0.15, -0.1) is 0 Å². The van der Waals surface area contributed by atoms with Crippen molar-refractivity contribution in [3.63, 3.8) is 0 Å². The molecule has 0 saturated carbocycles. The predicted octanol–water partition coefficient (Wildman–Crippen LogP) is 2.37. The fourth-order valence-electron chi connectivity index (χ4n) is 1.18. The lowest BCUT2D eigenvalue weighted by Gasteiger charge is -2.00. The topological polar surface area (TPSA) is 73.4 Å². The fourth-order valence-corrected chi connectivity index (χ4v) is 1.99. The van der Waals surface area contributed by atoms with E-state index in [1.807, 2.05) is 12.1 Å². The molecule has 2 rings (SSSR count). The Hall–Kier alpha value is -2.37. The summed E-state index contributed by atoms with van der Waals surface area (Å²) in [5.41, 5.74) is 1.11. The molecule has 0 unspecified atom stereocenters. The minimum absolute atomic E-state index is 0.555. The molecular weight excluding hydrogens is 232 g/mol. The van der Waals surface area contributed by atoms with Gasteiger partial charge in [0.2, 0.25) is 0 Å². The minimum Gasteiger partial charge on any atom is -0.249 e. The van der Waals surface area contributed by atoms with Crippen molar-refractivity contribution in [2.45, 2.75) is 10.1 Å². The molecule has 0 saturated heterocycles. The average molecular weight is 238 g/mol. The molecule has 0 atom stereocenters. The second kappa shape index (κ2) is 5.11. The van der Waals surface area contributed by atoms with Crippen LogP contribution in [0.2, 0.25) is 0 Å². The van der Waals surface area contributed by atoms with Crippen molar-refractivity contribution < 1.29 is 0 Å². The van der Waals surface area contributed by atoms with Crippen LogP contribution in [0.5, 0.6) is 0 Å². The maximum atomic E-state index is 8.76. The van der Waals surface area contributed by atoms with Crippen molar-refractivity contribution in [2.24, 2.45) is 0 Å². The van der Waals surface area contributed by atoms with E-state index in [1.54, 1.807) is 36.7 Å². The van der Waals surface area contributed by atoms with Crippen LogP contribution in [0.4, 0.5) is 0 Å². The number of hydrogen-bond acceptors (Lipinski definition) is 5. The van der Waals surface area contributed by atoms with Gasteiger partial charge in [-0.25, -0.2) is 9.97 Å². The van der Waals surface area contributed by atoms with Crippen molar-refractivity contribution in [2.75, 3.05) is 0 Å². The Morgan fingerprint density at radius 3 is 1.76 bits per heavy atom. The first kappa shape index (κ1) is 11.1. The van der Waals surface area contributed by atoms with Gasteiger partial charge in [0.15, 0.2) is 0 Å². The van der Waals surface area contributed by atoms with Crippen LogP contribution in [0.3, 0.4) is 0 Å². The Morgan fingerprint density at radius 2 is 1.35 bits per heavy atom. The van der Waals surface area contributed by atoms with E-state index in [1.165, 1.54) is 11.8 Å². The standard InChI is InChI=1S/C12H6N4S/c13-7-9-1-3-15-11(5-9)17-12-6-10(8-14)2-4-16-12/h1-6H. The van der Waals surface area contributed by atoms with Gasteiger partial charge in [-0.05, 0) is 24.3 Å². The number of rotatable bonds is 2. The monoisotopic (exact) mass is 238 g/mol. The van der Waals surface area contributed by atoms with Crippen LogP contribution >= 0.6 is 11.8 Å². The van der Waals surface area contributed by atoms with Gasteiger partial charge >= 0.3 is 0 Å². The van der Waals surface area contributed by atoms with Crippen LogP contribution in [0.25, 0.3) is 0 Å². The number of hydrogen-bond donors (Lipinski definition) is 0. The molecule has 17 heavy (non-hydrogen) atoms. The summed E-state index contributed by atoms with van der Waals surface area (Å²) >= 11 is 1.32. The van der Waals surface area contributed by atoms with Gasteiger partial charge in [0, 0.05) is 12.4 Å². The zero-order valence-electron chi connectivity index (χ0n) is 8.66. The summed E-state index contributed by atoms with van der Waals surface area (Å²) in [6.07, 6.45) is 3.16. The first-order valence-electron chi connectivity index (χ1n) is 4.72. The molecule has 0 N–H and O–H groups in total. The van der Waals surface area contributed by atoms with Crippen molar-refractivity contribution in [3.8, 4) is 12.1 Å². The largest absolute Gasteiger partial charge is 0.249 e. The molecule has 2 aromatic rings. The van der Waals surface area contributed by atoms with E-state index in [0.717, 1.165) is 0 Å². The van der Waals surface area contributed by atoms with E-state index < -0.39 is 0 Å². The highest BCUT2D eigenvalue weighted by molar-refractivity contribution is 7.99. The van der Waals surface area contributed by atoms with Crippen LogP contribution in [-0.4, -0.2) is 9.97 Å². The molecule has 0 spiro atoms. The van der Waals surface area contributed by atoms with Gasteiger partial charge in [-0.2, -0.15) is 10.5 Å². The van der Waals surface area contributed by atoms with E-state index in [-0.39, 0.29) is 0 Å². The first-order valence-corrected chi connectivity index (χ1v) is 5.53. The SMILES string of the molecule is N#Cc1ccnc(Sc2cc(C#N)ccn2)c1. The summed E-state index contributed by atoms with van der Waals surface area (Å²) in [6.45, 7) is 0. The summed E-state index contributed by atoms with van der Waals surface area (Å²) in [5, 5.41) is 18.9. The molecule has 80 valence electrons. The van der Waals surface area contributed by atoms with Crippen molar-refractivity contribution in [1.82, 2.24) is 9.97 Å². The highest BCUT2D eigenvalue weighted by Crippen LogP contribution is 2.24. The second-order valence-electron chi connectivity index (χ2n) is 3.09. The number of pyridine rings is 2. The quantitative estimate of drug-likeness (QED) is 0.803. The maximum absolute atomic E-state index is 8.76.